The Kier molecular flexibility index (Phi) is 4.08. The van der Waals surface area contributed by atoms with E-state index in [1.807, 2.05) is 42.6 Å². The van der Waals surface area contributed by atoms with Crippen LogP contribution >= 0.6 is 11.3 Å². The third kappa shape index (κ3) is 3.53. The maximum absolute atomic E-state index is 6.13. The molecule has 5 nitrogen and oxygen atoms in total. The van der Waals surface area contributed by atoms with Crippen molar-refractivity contribution in [2.24, 2.45) is 5.73 Å². The molecule has 108 valence electrons. The van der Waals surface area contributed by atoms with Crippen LogP contribution in [0.5, 0.6) is 0 Å². The van der Waals surface area contributed by atoms with Crippen LogP contribution in [0, 0.1) is 6.92 Å². The van der Waals surface area contributed by atoms with Crippen LogP contribution in [0.15, 0.2) is 40.2 Å². The Balaban J connectivity index is 1.66. The monoisotopic (exact) mass is 300 g/mol. The van der Waals surface area contributed by atoms with Gasteiger partial charge < -0.3 is 10.3 Å². The minimum Gasteiger partial charge on any atom is -0.338 e. The molecule has 0 saturated carbocycles. The lowest BCUT2D eigenvalue weighted by atomic mass is 10.1. The highest BCUT2D eigenvalue weighted by Crippen LogP contribution is 2.17. The number of nitrogens with two attached hydrogens (primary N) is 1. The molecule has 0 amide bonds. The zero-order chi connectivity index (χ0) is 14.7. The number of hydrogen-bond acceptors (Lipinski definition) is 6. The van der Waals surface area contributed by atoms with Crippen molar-refractivity contribution in [2.45, 2.75) is 25.8 Å². The first-order valence-electron chi connectivity index (χ1n) is 6.73. The Bertz CT molecular complexity index is 707. The molecule has 2 aromatic heterocycles. The van der Waals surface area contributed by atoms with Crippen molar-refractivity contribution in [3.05, 3.63) is 63.7 Å². The van der Waals surface area contributed by atoms with Crippen LogP contribution in [-0.4, -0.2) is 15.1 Å². The highest BCUT2D eigenvalue weighted by molar-refractivity contribution is 7.09. The summed E-state index contributed by atoms with van der Waals surface area (Å²) in [4.78, 5) is 8.77. The van der Waals surface area contributed by atoms with Crippen LogP contribution in [0.25, 0.3) is 0 Å². The SMILES string of the molecule is Cc1csc(Cc2noc([C@H](N)Cc3ccccc3)n2)n1. The summed E-state index contributed by atoms with van der Waals surface area (Å²) in [5, 5.41) is 6.98. The van der Waals surface area contributed by atoms with E-state index in [0.29, 0.717) is 24.6 Å². The zero-order valence-electron chi connectivity index (χ0n) is 11.7. The highest BCUT2D eigenvalue weighted by Gasteiger charge is 2.16. The van der Waals surface area contributed by atoms with Gasteiger partial charge in [-0.25, -0.2) is 4.98 Å². The smallest absolute Gasteiger partial charge is 0.243 e. The van der Waals surface area contributed by atoms with Gasteiger partial charge in [-0.05, 0) is 18.9 Å². The number of benzene rings is 1. The molecular formula is C15H16N4OS. The molecule has 0 aliphatic rings. The van der Waals surface area contributed by atoms with Crippen molar-refractivity contribution in [3.8, 4) is 0 Å². The summed E-state index contributed by atoms with van der Waals surface area (Å²) < 4.78 is 5.27. The highest BCUT2D eigenvalue weighted by atomic mass is 32.1. The minimum absolute atomic E-state index is 0.285. The molecule has 0 radical (unpaired) electrons. The molecule has 0 aliphatic carbocycles. The summed E-state index contributed by atoms with van der Waals surface area (Å²) >= 11 is 1.60. The molecule has 1 atom stereocenters. The van der Waals surface area contributed by atoms with E-state index in [4.69, 9.17) is 10.3 Å². The fraction of sp³-hybridized carbons (Fsp3) is 0.267. The van der Waals surface area contributed by atoms with Crippen molar-refractivity contribution >= 4 is 11.3 Å². The Hall–Kier alpha value is -2.05. The predicted octanol–water partition coefficient (Wildman–Crippen LogP) is 2.67. The van der Waals surface area contributed by atoms with Crippen molar-refractivity contribution < 1.29 is 4.52 Å². The molecule has 0 unspecified atom stereocenters. The first kappa shape index (κ1) is 13.9. The molecule has 0 saturated heterocycles. The summed E-state index contributed by atoms with van der Waals surface area (Å²) in [6, 6.07) is 9.76. The van der Waals surface area contributed by atoms with Crippen LogP contribution in [0.4, 0.5) is 0 Å². The second-order valence-corrected chi connectivity index (χ2v) is 5.85. The minimum atomic E-state index is -0.285. The van der Waals surface area contributed by atoms with Gasteiger partial charge in [0.1, 0.15) is 5.01 Å². The summed E-state index contributed by atoms with van der Waals surface area (Å²) in [7, 11) is 0. The standard InChI is InChI=1S/C15H16N4OS/c1-10-9-21-14(17-10)8-13-18-15(20-19-13)12(16)7-11-5-3-2-4-6-11/h2-6,9,12H,7-8,16H2,1H3/t12-/m1/s1. The van der Waals surface area contributed by atoms with Gasteiger partial charge in [-0.3, -0.25) is 0 Å². The topological polar surface area (TPSA) is 77.8 Å². The van der Waals surface area contributed by atoms with Gasteiger partial charge >= 0.3 is 0 Å². The largest absolute Gasteiger partial charge is 0.338 e. The van der Waals surface area contributed by atoms with E-state index in [2.05, 4.69) is 15.1 Å². The molecule has 0 fully saturated rings. The average molecular weight is 300 g/mol. The van der Waals surface area contributed by atoms with Gasteiger partial charge in [-0.1, -0.05) is 35.5 Å². The average Bonchev–Trinajstić information content (AvgIpc) is 3.10. The Morgan fingerprint density at radius 1 is 1.24 bits per heavy atom. The van der Waals surface area contributed by atoms with Gasteiger partial charge in [0.2, 0.25) is 5.89 Å². The molecule has 2 heterocycles. The Morgan fingerprint density at radius 2 is 2.05 bits per heavy atom. The van der Waals surface area contributed by atoms with Gasteiger partial charge in [0, 0.05) is 11.1 Å². The van der Waals surface area contributed by atoms with Crippen LogP contribution in [-0.2, 0) is 12.8 Å². The fourth-order valence-corrected chi connectivity index (χ4v) is 2.83. The number of rotatable bonds is 5. The molecule has 0 bridgehead atoms. The second kappa shape index (κ2) is 6.15. The molecule has 21 heavy (non-hydrogen) atoms. The number of aromatic nitrogens is 3. The van der Waals surface area contributed by atoms with E-state index in [1.54, 1.807) is 11.3 Å². The normalized spacial score (nSPS) is 12.5. The lowest BCUT2D eigenvalue weighted by Gasteiger charge is -2.05. The van der Waals surface area contributed by atoms with Gasteiger partial charge in [-0.2, -0.15) is 4.98 Å². The van der Waals surface area contributed by atoms with Crippen molar-refractivity contribution in [2.75, 3.05) is 0 Å². The second-order valence-electron chi connectivity index (χ2n) is 4.90. The van der Waals surface area contributed by atoms with Crippen LogP contribution in [0.2, 0.25) is 0 Å². The molecule has 1 aromatic carbocycles. The molecule has 3 aromatic rings. The van der Waals surface area contributed by atoms with E-state index in [1.165, 1.54) is 0 Å². The van der Waals surface area contributed by atoms with E-state index >= 15 is 0 Å². The summed E-state index contributed by atoms with van der Waals surface area (Å²) in [6.07, 6.45) is 1.26. The van der Waals surface area contributed by atoms with E-state index in [9.17, 15) is 0 Å². The maximum atomic E-state index is 6.13. The first-order chi connectivity index (χ1) is 10.2. The quantitative estimate of drug-likeness (QED) is 0.783. The molecule has 0 spiro atoms. The maximum Gasteiger partial charge on any atom is 0.243 e. The van der Waals surface area contributed by atoms with Crippen molar-refractivity contribution in [3.63, 3.8) is 0 Å². The number of hydrogen-bond donors (Lipinski definition) is 1. The number of aryl methyl sites for hydroxylation is 1. The third-order valence-corrected chi connectivity index (χ3v) is 4.04. The van der Waals surface area contributed by atoms with Gasteiger partial charge in [0.25, 0.3) is 0 Å². The first-order valence-corrected chi connectivity index (χ1v) is 7.61. The van der Waals surface area contributed by atoms with Gasteiger partial charge in [0.15, 0.2) is 5.82 Å². The predicted molar refractivity (Wildman–Crippen MR) is 81.0 cm³/mol. The molecule has 2 N–H and O–H groups in total. The third-order valence-electron chi connectivity index (χ3n) is 3.08. The summed E-state index contributed by atoms with van der Waals surface area (Å²) in [5.41, 5.74) is 8.30. The molecule has 0 aliphatic heterocycles. The van der Waals surface area contributed by atoms with E-state index in [0.717, 1.165) is 16.3 Å². The van der Waals surface area contributed by atoms with Gasteiger partial charge in [-0.15, -0.1) is 11.3 Å². The Labute approximate surface area is 126 Å². The molecule has 6 heteroatoms. The number of thiazole rings is 1. The molecule has 3 rings (SSSR count). The Morgan fingerprint density at radius 3 is 2.76 bits per heavy atom. The number of nitrogens with zero attached hydrogens (tertiary/aromatic N) is 3. The van der Waals surface area contributed by atoms with Gasteiger partial charge in [0.05, 0.1) is 12.5 Å². The van der Waals surface area contributed by atoms with Crippen molar-refractivity contribution in [1.29, 1.82) is 0 Å². The zero-order valence-corrected chi connectivity index (χ0v) is 12.5. The fourth-order valence-electron chi connectivity index (χ4n) is 2.06. The summed E-state index contributed by atoms with van der Waals surface area (Å²) in [6.45, 7) is 1.97. The van der Waals surface area contributed by atoms with E-state index < -0.39 is 0 Å². The van der Waals surface area contributed by atoms with Crippen molar-refractivity contribution in [1.82, 2.24) is 15.1 Å². The van der Waals surface area contributed by atoms with Crippen LogP contribution < -0.4 is 5.73 Å². The lowest BCUT2D eigenvalue weighted by Crippen LogP contribution is -2.13. The van der Waals surface area contributed by atoms with Crippen LogP contribution in [0.1, 0.15) is 34.0 Å². The lowest BCUT2D eigenvalue weighted by molar-refractivity contribution is 0.350. The summed E-state index contributed by atoms with van der Waals surface area (Å²) in [5.74, 6) is 1.10. The van der Waals surface area contributed by atoms with E-state index in [-0.39, 0.29) is 6.04 Å². The van der Waals surface area contributed by atoms with Crippen LogP contribution in [0.3, 0.4) is 0 Å². The molecular weight excluding hydrogens is 284 g/mol.